The maximum Gasteiger partial charge on any atom is 0.222 e. The van der Waals surface area contributed by atoms with Gasteiger partial charge in [-0.25, -0.2) is 0 Å². The summed E-state index contributed by atoms with van der Waals surface area (Å²) < 4.78 is 1.66. The first-order valence-electron chi connectivity index (χ1n) is 5.83. The quantitative estimate of drug-likeness (QED) is 0.729. The van der Waals surface area contributed by atoms with Gasteiger partial charge in [-0.3, -0.25) is 4.98 Å². The van der Waals surface area contributed by atoms with Gasteiger partial charge < -0.3 is 9.67 Å². The molecule has 2 aromatic heterocycles. The first kappa shape index (κ1) is 11.4. The standard InChI is InChI=1S/C14H11N3O2/c18-14-13(16-19)11-5-1-2-6-12(11)17(14)9-10-4-3-7-15-8-10/h1-8,18H,9H2. The Kier molecular flexibility index (Phi) is 2.72. The monoisotopic (exact) mass is 253 g/mol. The van der Waals surface area contributed by atoms with E-state index in [0.717, 1.165) is 11.1 Å². The van der Waals surface area contributed by atoms with Crippen LogP contribution < -0.4 is 0 Å². The van der Waals surface area contributed by atoms with Crippen LogP contribution in [0.25, 0.3) is 10.9 Å². The first-order chi connectivity index (χ1) is 9.31. The van der Waals surface area contributed by atoms with Gasteiger partial charge in [0, 0.05) is 17.8 Å². The van der Waals surface area contributed by atoms with E-state index in [4.69, 9.17) is 0 Å². The van der Waals surface area contributed by atoms with E-state index in [1.54, 1.807) is 23.0 Å². The van der Waals surface area contributed by atoms with Gasteiger partial charge in [-0.2, -0.15) is 0 Å². The van der Waals surface area contributed by atoms with Gasteiger partial charge in [0.05, 0.1) is 12.1 Å². The van der Waals surface area contributed by atoms with E-state index >= 15 is 0 Å². The molecule has 0 bridgehead atoms. The summed E-state index contributed by atoms with van der Waals surface area (Å²) in [6.07, 6.45) is 3.41. The number of nitroso groups, excluding NO2 is 1. The summed E-state index contributed by atoms with van der Waals surface area (Å²) in [5, 5.41) is 13.7. The third-order valence-electron chi connectivity index (χ3n) is 3.07. The molecule has 0 spiro atoms. The van der Waals surface area contributed by atoms with Gasteiger partial charge >= 0.3 is 0 Å². The molecule has 0 saturated heterocycles. The predicted octanol–water partition coefficient (Wildman–Crippen LogP) is 3.19. The predicted molar refractivity (Wildman–Crippen MR) is 72.4 cm³/mol. The van der Waals surface area contributed by atoms with Gasteiger partial charge in [-0.05, 0) is 22.9 Å². The van der Waals surface area contributed by atoms with E-state index in [1.807, 2.05) is 30.3 Å². The number of hydrogen-bond acceptors (Lipinski definition) is 4. The molecule has 0 unspecified atom stereocenters. The van der Waals surface area contributed by atoms with Gasteiger partial charge in [0.1, 0.15) is 0 Å². The Labute approximate surface area is 109 Å². The SMILES string of the molecule is O=Nc1c(O)n(Cc2cccnc2)c2ccccc12. The second-order valence-electron chi connectivity index (χ2n) is 4.23. The molecule has 94 valence electrons. The normalized spacial score (nSPS) is 10.7. The Morgan fingerprint density at radius 3 is 2.79 bits per heavy atom. The van der Waals surface area contributed by atoms with Crippen molar-refractivity contribution in [2.75, 3.05) is 0 Å². The summed E-state index contributed by atoms with van der Waals surface area (Å²) >= 11 is 0. The highest BCUT2D eigenvalue weighted by Gasteiger charge is 2.16. The third kappa shape index (κ3) is 1.85. The minimum atomic E-state index is -0.111. The number of aromatic nitrogens is 2. The van der Waals surface area contributed by atoms with Crippen LogP contribution in [-0.4, -0.2) is 14.7 Å². The molecule has 0 saturated carbocycles. The average molecular weight is 253 g/mol. The fourth-order valence-corrected chi connectivity index (χ4v) is 2.20. The Morgan fingerprint density at radius 2 is 2.05 bits per heavy atom. The molecule has 0 radical (unpaired) electrons. The number of benzene rings is 1. The van der Waals surface area contributed by atoms with E-state index in [0.29, 0.717) is 11.9 Å². The molecule has 19 heavy (non-hydrogen) atoms. The smallest absolute Gasteiger partial charge is 0.222 e. The molecular formula is C14H11N3O2. The summed E-state index contributed by atoms with van der Waals surface area (Å²) in [4.78, 5) is 14.9. The van der Waals surface area contributed by atoms with Crippen LogP contribution >= 0.6 is 0 Å². The van der Waals surface area contributed by atoms with Crippen molar-refractivity contribution in [1.82, 2.24) is 9.55 Å². The van der Waals surface area contributed by atoms with Crippen LogP contribution in [0.3, 0.4) is 0 Å². The number of para-hydroxylation sites is 1. The minimum absolute atomic E-state index is 0.0829. The van der Waals surface area contributed by atoms with Gasteiger partial charge in [0.15, 0.2) is 5.69 Å². The summed E-state index contributed by atoms with van der Waals surface area (Å²) in [6.45, 7) is 0.440. The highest BCUT2D eigenvalue weighted by atomic mass is 16.3. The number of fused-ring (bicyclic) bond motifs is 1. The molecule has 0 aliphatic carbocycles. The van der Waals surface area contributed by atoms with Crippen LogP contribution in [-0.2, 0) is 6.54 Å². The van der Waals surface area contributed by atoms with Crippen molar-refractivity contribution in [3.8, 4) is 5.88 Å². The minimum Gasteiger partial charge on any atom is -0.493 e. The lowest BCUT2D eigenvalue weighted by atomic mass is 10.2. The van der Waals surface area contributed by atoms with Gasteiger partial charge in [0.2, 0.25) is 5.88 Å². The van der Waals surface area contributed by atoms with Crippen molar-refractivity contribution in [2.45, 2.75) is 6.54 Å². The number of aromatic hydroxyl groups is 1. The lowest BCUT2D eigenvalue weighted by Gasteiger charge is -2.06. The Bertz CT molecular complexity index is 735. The zero-order chi connectivity index (χ0) is 13.2. The molecule has 0 atom stereocenters. The second-order valence-corrected chi connectivity index (χ2v) is 4.23. The second kappa shape index (κ2) is 4.53. The van der Waals surface area contributed by atoms with Gasteiger partial charge in [0.25, 0.3) is 0 Å². The van der Waals surface area contributed by atoms with Gasteiger partial charge in [-0.1, -0.05) is 24.3 Å². The maximum atomic E-state index is 10.9. The number of hydrogen-bond donors (Lipinski definition) is 1. The van der Waals surface area contributed by atoms with E-state index in [1.165, 1.54) is 0 Å². The summed E-state index contributed by atoms with van der Waals surface area (Å²) in [5.41, 5.74) is 1.80. The average Bonchev–Trinajstić information content (AvgIpc) is 2.73. The fraction of sp³-hybridized carbons (Fsp3) is 0.0714. The highest BCUT2D eigenvalue weighted by molar-refractivity contribution is 5.95. The summed E-state index contributed by atoms with van der Waals surface area (Å²) in [6, 6.07) is 11.0. The Hall–Kier alpha value is -2.69. The zero-order valence-corrected chi connectivity index (χ0v) is 10.0. The van der Waals surface area contributed by atoms with Gasteiger partial charge in [-0.15, -0.1) is 4.91 Å². The van der Waals surface area contributed by atoms with Crippen molar-refractivity contribution < 1.29 is 5.11 Å². The molecule has 1 N–H and O–H groups in total. The van der Waals surface area contributed by atoms with Crippen LogP contribution in [0.4, 0.5) is 5.69 Å². The zero-order valence-electron chi connectivity index (χ0n) is 10.0. The van der Waals surface area contributed by atoms with Crippen molar-refractivity contribution >= 4 is 16.6 Å². The molecule has 0 aliphatic rings. The Morgan fingerprint density at radius 1 is 1.21 bits per heavy atom. The van der Waals surface area contributed by atoms with Crippen LogP contribution in [0.5, 0.6) is 5.88 Å². The summed E-state index contributed by atoms with van der Waals surface area (Å²) in [5.74, 6) is -0.111. The molecule has 0 amide bonds. The van der Waals surface area contributed by atoms with E-state index in [2.05, 4.69) is 10.2 Å². The molecule has 3 rings (SSSR count). The van der Waals surface area contributed by atoms with Crippen molar-refractivity contribution in [2.24, 2.45) is 5.18 Å². The fourth-order valence-electron chi connectivity index (χ4n) is 2.20. The molecule has 2 heterocycles. The molecule has 1 aromatic carbocycles. The highest BCUT2D eigenvalue weighted by Crippen LogP contribution is 2.38. The topological polar surface area (TPSA) is 67.5 Å². The van der Waals surface area contributed by atoms with Crippen LogP contribution in [0.1, 0.15) is 5.56 Å². The molecule has 5 nitrogen and oxygen atoms in total. The van der Waals surface area contributed by atoms with Crippen molar-refractivity contribution in [3.63, 3.8) is 0 Å². The van der Waals surface area contributed by atoms with Crippen LogP contribution in [0, 0.1) is 4.91 Å². The largest absolute Gasteiger partial charge is 0.493 e. The van der Waals surface area contributed by atoms with Crippen molar-refractivity contribution in [3.05, 3.63) is 59.3 Å². The lowest BCUT2D eigenvalue weighted by molar-refractivity contribution is 0.430. The van der Waals surface area contributed by atoms with Crippen LogP contribution in [0.2, 0.25) is 0 Å². The lowest BCUT2D eigenvalue weighted by Crippen LogP contribution is -1.98. The number of rotatable bonds is 3. The number of nitrogens with zero attached hydrogens (tertiary/aromatic N) is 3. The first-order valence-corrected chi connectivity index (χ1v) is 5.83. The van der Waals surface area contributed by atoms with Crippen LogP contribution in [0.15, 0.2) is 54.0 Å². The summed E-state index contributed by atoms with van der Waals surface area (Å²) in [7, 11) is 0. The third-order valence-corrected chi connectivity index (χ3v) is 3.07. The molecule has 5 heteroatoms. The van der Waals surface area contributed by atoms with Crippen molar-refractivity contribution in [1.29, 1.82) is 0 Å². The van der Waals surface area contributed by atoms with E-state index < -0.39 is 0 Å². The molecule has 0 fully saturated rings. The van der Waals surface area contributed by atoms with E-state index in [9.17, 15) is 10.0 Å². The van der Waals surface area contributed by atoms with E-state index in [-0.39, 0.29) is 11.6 Å². The molecule has 0 aliphatic heterocycles. The molecule has 3 aromatic rings. The number of pyridine rings is 1. The maximum absolute atomic E-state index is 10.9. The Balaban J connectivity index is 2.18. The molecular weight excluding hydrogens is 242 g/mol.